The van der Waals surface area contributed by atoms with Crippen LogP contribution in [0.3, 0.4) is 0 Å². The standard InChI is InChI=1S/H37O17Si18/c18-1-20-3-22-5-24-7-26-9-28-11-30-13-32-15-34-17-35-16-33-14-31-12-29-10-27-8-25-6-23-4-21-2-19/h18,20-35H2,19H3. The Morgan fingerprint density at radius 3 is 0.629 bits per heavy atom. The molecule has 0 aliphatic carbocycles. The van der Waals surface area contributed by atoms with Crippen molar-refractivity contribution in [2.24, 2.45) is 0 Å². The van der Waals surface area contributed by atoms with Crippen molar-refractivity contribution in [3.8, 4) is 0 Å². The van der Waals surface area contributed by atoms with Crippen molar-refractivity contribution in [2.45, 2.75) is 0 Å². The highest BCUT2D eigenvalue weighted by Gasteiger charge is 1.98. The van der Waals surface area contributed by atoms with Gasteiger partial charge in [-0.3, -0.25) is 0 Å². The molecule has 0 aromatic carbocycles. The second-order valence-corrected chi connectivity index (χ2v) is 37.6. The Bertz CT molecular complexity index is 336. The third-order valence-corrected chi connectivity index (χ3v) is 24.3. The summed E-state index contributed by atoms with van der Waals surface area (Å²) >= 11 is 0. The minimum Gasteiger partial charge on any atom is -0.449 e. The summed E-state index contributed by atoms with van der Waals surface area (Å²) in [5, 5.41) is 0. The van der Waals surface area contributed by atoms with Gasteiger partial charge in [0.2, 0.25) is 0 Å². The summed E-state index contributed by atoms with van der Waals surface area (Å²) in [4.78, 5) is 0. The molecule has 17 nitrogen and oxygen atoms in total. The van der Waals surface area contributed by atoms with E-state index in [9.17, 15) is 0 Å². The van der Waals surface area contributed by atoms with Crippen molar-refractivity contribution in [1.29, 1.82) is 0 Å². The largest absolute Gasteiger partial charge is 0.449 e. The fourth-order valence-electron chi connectivity index (χ4n) is 1.48. The van der Waals surface area contributed by atoms with Gasteiger partial charge < -0.3 is 70.0 Å². The smallest absolute Gasteiger partial charge is 0.286 e. The molecule has 0 rings (SSSR count). The van der Waals surface area contributed by atoms with E-state index in [1.54, 1.807) is 0 Å². The summed E-state index contributed by atoms with van der Waals surface area (Å²) in [6.07, 6.45) is 0. The zero-order valence-electron chi connectivity index (χ0n) is 20.0. The third-order valence-electron chi connectivity index (χ3n) is 2.70. The van der Waals surface area contributed by atoms with Gasteiger partial charge in [-0.05, 0) is 0 Å². The molecule has 0 bridgehead atoms. The highest BCUT2D eigenvalue weighted by atomic mass is 28.4. The van der Waals surface area contributed by atoms with Gasteiger partial charge in [-0.2, -0.15) is 0 Å². The topological polar surface area (TPSA) is 157 Å². The maximum absolute atomic E-state index is 5.46. The maximum Gasteiger partial charge on any atom is 0.286 e. The zero-order chi connectivity index (χ0) is 25.3. The molecule has 0 saturated heterocycles. The van der Waals surface area contributed by atoms with Gasteiger partial charge in [0.1, 0.15) is 10.5 Å². The molecule has 0 aliphatic rings. The van der Waals surface area contributed by atoms with E-state index in [1.165, 1.54) is 10.5 Å². The average molecular weight is 815 g/mol. The highest BCUT2D eigenvalue weighted by molar-refractivity contribution is 6.51. The van der Waals surface area contributed by atoms with Crippen LogP contribution in [0.15, 0.2) is 0 Å². The second kappa shape index (κ2) is 37.2. The van der Waals surface area contributed by atoms with Gasteiger partial charge in [-0.25, -0.2) is 0 Å². The first kappa shape index (κ1) is 38.2. The lowest BCUT2D eigenvalue weighted by atomic mass is 15.7. The van der Waals surface area contributed by atoms with Crippen molar-refractivity contribution < 1.29 is 70.0 Å². The van der Waals surface area contributed by atoms with Gasteiger partial charge in [0, 0.05) is 0 Å². The van der Waals surface area contributed by atoms with E-state index in [0.29, 0.717) is 0 Å². The maximum atomic E-state index is 5.46. The van der Waals surface area contributed by atoms with Crippen molar-refractivity contribution in [1.82, 2.24) is 0 Å². The predicted octanol–water partition coefficient (Wildman–Crippen LogP) is -17.9. The molecule has 0 saturated carbocycles. The predicted molar refractivity (Wildman–Crippen MR) is 174 cm³/mol. The second-order valence-electron chi connectivity index (χ2n) is 5.44. The van der Waals surface area contributed by atoms with E-state index in [0.717, 1.165) is 10.5 Å². The molecule has 0 atom stereocenters. The molecule has 0 unspecified atom stereocenters. The Hall–Kier alpha value is 3.22. The summed E-state index contributed by atoms with van der Waals surface area (Å²) in [7, 11) is -13.1. The van der Waals surface area contributed by atoms with Crippen LogP contribution in [0.2, 0.25) is 0 Å². The Balaban J connectivity index is 3.00. The molecule has 0 aromatic heterocycles. The summed E-state index contributed by atoms with van der Waals surface area (Å²) in [6.45, 7) is 0. The Kier molecular flexibility index (Phi) is 40.7. The van der Waals surface area contributed by atoms with Crippen molar-refractivity contribution in [3.63, 3.8) is 0 Å². The van der Waals surface area contributed by atoms with Gasteiger partial charge in [0.15, 0.2) is 10.5 Å². The van der Waals surface area contributed by atoms with Gasteiger partial charge in [0.25, 0.3) is 160 Å². The van der Waals surface area contributed by atoms with Gasteiger partial charge >= 0.3 is 0 Å². The lowest BCUT2D eigenvalue weighted by Gasteiger charge is -2.09. The Morgan fingerprint density at radius 1 is 0.286 bits per heavy atom. The van der Waals surface area contributed by atoms with Crippen LogP contribution in [0.25, 0.3) is 0 Å². The molecule has 0 aromatic rings. The van der Waals surface area contributed by atoms with E-state index >= 15 is 0 Å². The minimum absolute atomic E-state index is 0.738. The van der Waals surface area contributed by atoms with Crippen LogP contribution in [0.1, 0.15) is 0 Å². The van der Waals surface area contributed by atoms with Crippen LogP contribution in [-0.4, -0.2) is 181 Å². The quantitative estimate of drug-likeness (QED) is 0.0466. The molecule has 0 aliphatic heterocycles. The minimum atomic E-state index is -1.02. The number of rotatable bonds is 32. The molecule has 0 amide bonds. The molecule has 0 N–H and O–H groups in total. The molecule has 35 heteroatoms. The van der Waals surface area contributed by atoms with Crippen LogP contribution in [0, 0.1) is 0 Å². The molecule has 0 spiro atoms. The highest BCUT2D eigenvalue weighted by Crippen LogP contribution is 1.80. The van der Waals surface area contributed by atoms with Crippen LogP contribution in [0.5, 0.6) is 0 Å². The van der Waals surface area contributed by atoms with Crippen LogP contribution in [-0.2, 0) is 70.0 Å². The molecular weight excluding hydrogens is 778 g/mol. The average Bonchev–Trinajstić information content (AvgIpc) is 2.87. The van der Waals surface area contributed by atoms with Gasteiger partial charge in [-0.1, -0.05) is 0 Å². The molecule has 0 fully saturated rings. The normalized spacial score (nSPS) is 17.1. The fourth-order valence-corrected chi connectivity index (χ4v) is 30.7. The summed E-state index contributed by atoms with van der Waals surface area (Å²) < 4.78 is 91.1. The SMILES string of the molecule is [SiH2]O[SiH2]O[SiH2]O[SiH2]O[SiH2]O[SiH2]O[SiH2]O[SiH2]O[SiH2]O[SiH2]O[SiH2]O[SiH2]O[SiH2]O[SiH2]O[SiH2]O[SiH2]O[SiH2]O[SiH3]. The first-order chi connectivity index (χ1) is 17.4. The molecule has 211 valence electrons. The van der Waals surface area contributed by atoms with Crippen molar-refractivity contribution >= 4 is 181 Å². The molecular formula is H37O17Si18. The Morgan fingerprint density at radius 2 is 0.457 bits per heavy atom. The monoisotopic (exact) mass is 813 g/mol. The van der Waals surface area contributed by atoms with E-state index in [4.69, 9.17) is 70.0 Å². The Labute approximate surface area is 249 Å². The van der Waals surface area contributed by atoms with Crippen molar-refractivity contribution in [3.05, 3.63) is 0 Å². The third kappa shape index (κ3) is 37.2. The lowest BCUT2D eigenvalue weighted by Crippen LogP contribution is -2.22. The first-order valence-corrected chi connectivity index (χ1v) is 29.8. The van der Waals surface area contributed by atoms with E-state index in [1.807, 2.05) is 0 Å². The van der Waals surface area contributed by atoms with Crippen LogP contribution < -0.4 is 0 Å². The fraction of sp³-hybridized carbons (Fsp3) is 0. The lowest BCUT2D eigenvalue weighted by molar-refractivity contribution is 0.356. The van der Waals surface area contributed by atoms with Crippen LogP contribution in [0.4, 0.5) is 0 Å². The summed E-state index contributed by atoms with van der Waals surface area (Å²) in [6, 6.07) is 0. The van der Waals surface area contributed by atoms with Crippen LogP contribution >= 0.6 is 0 Å². The summed E-state index contributed by atoms with van der Waals surface area (Å²) in [5.74, 6) is 0. The molecule has 0 heterocycles. The van der Waals surface area contributed by atoms with E-state index in [2.05, 4.69) is 0 Å². The van der Waals surface area contributed by atoms with Gasteiger partial charge in [-0.15, -0.1) is 0 Å². The first-order valence-electron chi connectivity index (χ1n) is 9.93. The summed E-state index contributed by atoms with van der Waals surface area (Å²) in [5.41, 5.74) is 0. The van der Waals surface area contributed by atoms with Crippen molar-refractivity contribution in [2.75, 3.05) is 0 Å². The van der Waals surface area contributed by atoms with E-state index < -0.39 is 160 Å². The van der Waals surface area contributed by atoms with Gasteiger partial charge in [0.05, 0.1) is 0 Å². The number of hydrogen-bond donors (Lipinski definition) is 0. The van der Waals surface area contributed by atoms with E-state index in [-0.39, 0.29) is 0 Å². The molecule has 1 radical (unpaired) electrons. The zero-order valence-corrected chi connectivity index (χ0v) is 46.0. The molecule has 35 heavy (non-hydrogen) atoms. The number of hydrogen-bond acceptors (Lipinski definition) is 17.